The van der Waals surface area contributed by atoms with E-state index < -0.39 is 0 Å². The van der Waals surface area contributed by atoms with Gasteiger partial charge in [0, 0.05) is 10.6 Å². The average Bonchev–Trinajstić information content (AvgIpc) is 2.47. The minimum absolute atomic E-state index is 0.0176. The predicted octanol–water partition coefficient (Wildman–Crippen LogP) is 3.48. The van der Waals surface area contributed by atoms with E-state index in [-0.39, 0.29) is 12.4 Å². The van der Waals surface area contributed by atoms with Gasteiger partial charge in [-0.15, -0.1) is 11.8 Å². The summed E-state index contributed by atoms with van der Waals surface area (Å²) in [6.45, 7) is 0.0176. The van der Waals surface area contributed by atoms with Crippen LogP contribution in [0.5, 0.6) is 0 Å². The van der Waals surface area contributed by atoms with Gasteiger partial charge in [-0.1, -0.05) is 12.1 Å². The first-order chi connectivity index (χ1) is 9.22. The first kappa shape index (κ1) is 13.6. The standard InChI is InChI=1S/C15H12FNOS/c16-15-6-3-12(8-17)7-13(15)10-19-14-4-1-11(9-18)2-5-14/h1-7,18H,9-10H2. The van der Waals surface area contributed by atoms with Gasteiger partial charge in [-0.2, -0.15) is 5.26 Å². The molecule has 0 aliphatic heterocycles. The SMILES string of the molecule is N#Cc1ccc(F)c(CSc2ccc(CO)cc2)c1. The maximum atomic E-state index is 13.6. The van der Waals surface area contributed by atoms with Crippen LogP contribution in [0, 0.1) is 17.1 Å². The second-order valence-electron chi connectivity index (χ2n) is 4.01. The van der Waals surface area contributed by atoms with Crippen molar-refractivity contribution in [2.75, 3.05) is 0 Å². The molecule has 96 valence electrons. The van der Waals surface area contributed by atoms with Crippen LogP contribution < -0.4 is 0 Å². The highest BCUT2D eigenvalue weighted by Gasteiger charge is 2.04. The molecule has 19 heavy (non-hydrogen) atoms. The van der Waals surface area contributed by atoms with E-state index in [1.54, 1.807) is 6.07 Å². The number of aliphatic hydroxyl groups excluding tert-OH is 1. The van der Waals surface area contributed by atoms with Gasteiger partial charge in [0.15, 0.2) is 0 Å². The van der Waals surface area contributed by atoms with Crippen LogP contribution in [0.2, 0.25) is 0 Å². The highest BCUT2D eigenvalue weighted by Crippen LogP contribution is 2.25. The Morgan fingerprint density at radius 3 is 2.53 bits per heavy atom. The smallest absolute Gasteiger partial charge is 0.127 e. The Balaban J connectivity index is 2.07. The third-order valence-electron chi connectivity index (χ3n) is 2.68. The summed E-state index contributed by atoms with van der Waals surface area (Å²) in [6, 6.07) is 13.8. The van der Waals surface area contributed by atoms with Gasteiger partial charge in [-0.25, -0.2) is 4.39 Å². The largest absolute Gasteiger partial charge is 0.392 e. The molecular formula is C15H12FNOS. The topological polar surface area (TPSA) is 44.0 Å². The van der Waals surface area contributed by atoms with Gasteiger partial charge in [0.05, 0.1) is 18.2 Å². The number of nitrogens with zero attached hydrogens (tertiary/aromatic N) is 1. The van der Waals surface area contributed by atoms with Crippen LogP contribution in [0.1, 0.15) is 16.7 Å². The fourth-order valence-electron chi connectivity index (χ4n) is 1.61. The van der Waals surface area contributed by atoms with Crippen molar-refractivity contribution in [2.45, 2.75) is 17.3 Å². The average molecular weight is 273 g/mol. The van der Waals surface area contributed by atoms with Crippen LogP contribution in [-0.2, 0) is 12.4 Å². The molecule has 0 saturated heterocycles. The van der Waals surface area contributed by atoms with Crippen LogP contribution in [0.4, 0.5) is 4.39 Å². The van der Waals surface area contributed by atoms with Crippen molar-refractivity contribution >= 4 is 11.8 Å². The first-order valence-electron chi connectivity index (χ1n) is 5.74. The van der Waals surface area contributed by atoms with Gasteiger partial charge in [-0.05, 0) is 41.5 Å². The zero-order chi connectivity index (χ0) is 13.7. The van der Waals surface area contributed by atoms with Crippen molar-refractivity contribution in [3.8, 4) is 6.07 Å². The number of hydrogen-bond acceptors (Lipinski definition) is 3. The minimum atomic E-state index is -0.293. The van der Waals surface area contributed by atoms with Crippen molar-refractivity contribution in [1.29, 1.82) is 5.26 Å². The molecule has 0 spiro atoms. The molecule has 2 aromatic carbocycles. The summed E-state index contributed by atoms with van der Waals surface area (Å²) in [6.07, 6.45) is 0. The highest BCUT2D eigenvalue weighted by atomic mass is 32.2. The molecule has 0 heterocycles. The van der Waals surface area contributed by atoms with Gasteiger partial charge < -0.3 is 5.11 Å². The molecule has 0 bridgehead atoms. The Bertz CT molecular complexity index is 605. The molecule has 0 saturated carbocycles. The molecule has 0 aliphatic carbocycles. The molecule has 0 fully saturated rings. The number of halogens is 1. The van der Waals surface area contributed by atoms with Crippen molar-refractivity contribution in [3.63, 3.8) is 0 Å². The Kier molecular flexibility index (Phi) is 4.56. The van der Waals surface area contributed by atoms with E-state index in [0.29, 0.717) is 16.9 Å². The lowest BCUT2D eigenvalue weighted by atomic mass is 10.1. The molecule has 2 aromatic rings. The number of nitriles is 1. The van der Waals surface area contributed by atoms with Gasteiger partial charge in [-0.3, -0.25) is 0 Å². The van der Waals surface area contributed by atoms with Crippen LogP contribution in [0.3, 0.4) is 0 Å². The predicted molar refractivity (Wildman–Crippen MR) is 73.0 cm³/mol. The molecular weight excluding hydrogens is 261 g/mol. The maximum absolute atomic E-state index is 13.6. The van der Waals surface area contributed by atoms with E-state index in [0.717, 1.165) is 10.5 Å². The number of hydrogen-bond donors (Lipinski definition) is 1. The normalized spacial score (nSPS) is 10.2. The zero-order valence-corrected chi connectivity index (χ0v) is 11.0. The molecule has 0 aliphatic rings. The summed E-state index contributed by atoms with van der Waals surface area (Å²) >= 11 is 1.50. The Morgan fingerprint density at radius 1 is 1.16 bits per heavy atom. The lowest BCUT2D eigenvalue weighted by molar-refractivity contribution is 0.282. The lowest BCUT2D eigenvalue weighted by Gasteiger charge is -2.05. The third-order valence-corrected chi connectivity index (χ3v) is 3.74. The second-order valence-corrected chi connectivity index (χ2v) is 5.06. The fourth-order valence-corrected chi connectivity index (χ4v) is 2.48. The van der Waals surface area contributed by atoms with Crippen molar-refractivity contribution in [3.05, 3.63) is 65.0 Å². The minimum Gasteiger partial charge on any atom is -0.392 e. The summed E-state index contributed by atoms with van der Waals surface area (Å²) in [5.74, 6) is 0.179. The number of benzene rings is 2. The van der Waals surface area contributed by atoms with Crippen LogP contribution in [-0.4, -0.2) is 5.11 Å². The molecule has 1 N–H and O–H groups in total. The van der Waals surface area contributed by atoms with Crippen LogP contribution >= 0.6 is 11.8 Å². The number of rotatable bonds is 4. The third kappa shape index (κ3) is 3.57. The van der Waals surface area contributed by atoms with Crippen molar-refractivity contribution < 1.29 is 9.50 Å². The molecule has 0 atom stereocenters. The Hall–Kier alpha value is -1.83. The van der Waals surface area contributed by atoms with E-state index in [4.69, 9.17) is 10.4 Å². The molecule has 0 unspecified atom stereocenters. The fraction of sp³-hybridized carbons (Fsp3) is 0.133. The van der Waals surface area contributed by atoms with Gasteiger partial charge in [0.2, 0.25) is 0 Å². The summed E-state index contributed by atoms with van der Waals surface area (Å²) in [5.41, 5.74) is 1.84. The number of thioether (sulfide) groups is 1. The quantitative estimate of drug-likeness (QED) is 0.867. The van der Waals surface area contributed by atoms with Crippen molar-refractivity contribution in [1.82, 2.24) is 0 Å². The molecule has 4 heteroatoms. The summed E-state index contributed by atoms with van der Waals surface area (Å²) in [4.78, 5) is 0.999. The Morgan fingerprint density at radius 2 is 1.89 bits per heavy atom. The summed E-state index contributed by atoms with van der Waals surface area (Å²) in [7, 11) is 0. The molecule has 0 aromatic heterocycles. The van der Waals surface area contributed by atoms with Crippen LogP contribution in [0.15, 0.2) is 47.4 Å². The summed E-state index contributed by atoms with van der Waals surface area (Å²) < 4.78 is 13.6. The van der Waals surface area contributed by atoms with Gasteiger partial charge >= 0.3 is 0 Å². The Labute approximate surface area is 115 Å². The van der Waals surface area contributed by atoms with E-state index in [1.807, 2.05) is 30.3 Å². The molecule has 0 amide bonds. The van der Waals surface area contributed by atoms with E-state index in [1.165, 1.54) is 23.9 Å². The lowest BCUT2D eigenvalue weighted by Crippen LogP contribution is -1.89. The van der Waals surface area contributed by atoms with E-state index >= 15 is 0 Å². The van der Waals surface area contributed by atoms with Gasteiger partial charge in [0.1, 0.15) is 5.82 Å². The number of aliphatic hydroxyl groups is 1. The summed E-state index contributed by atoms with van der Waals surface area (Å²) in [5, 5.41) is 17.7. The van der Waals surface area contributed by atoms with Gasteiger partial charge in [0.25, 0.3) is 0 Å². The molecule has 2 nitrogen and oxygen atoms in total. The van der Waals surface area contributed by atoms with E-state index in [2.05, 4.69) is 0 Å². The van der Waals surface area contributed by atoms with E-state index in [9.17, 15) is 4.39 Å². The maximum Gasteiger partial charge on any atom is 0.127 e. The van der Waals surface area contributed by atoms with Crippen LogP contribution in [0.25, 0.3) is 0 Å². The molecule has 0 radical (unpaired) electrons. The zero-order valence-electron chi connectivity index (χ0n) is 10.1. The highest BCUT2D eigenvalue weighted by molar-refractivity contribution is 7.98. The first-order valence-corrected chi connectivity index (χ1v) is 6.72. The van der Waals surface area contributed by atoms with Crippen molar-refractivity contribution in [2.24, 2.45) is 0 Å². The monoisotopic (exact) mass is 273 g/mol. The second kappa shape index (κ2) is 6.37. The molecule has 2 rings (SSSR count).